The summed E-state index contributed by atoms with van der Waals surface area (Å²) in [5.74, 6) is 1.47. The first kappa shape index (κ1) is 21.1. The molecule has 8 nitrogen and oxygen atoms in total. The number of carbonyl (C=O) groups is 3. The van der Waals surface area contributed by atoms with Gasteiger partial charge in [-0.15, -0.1) is 0 Å². The zero-order valence-electron chi connectivity index (χ0n) is 18.4. The third-order valence-electron chi connectivity index (χ3n) is 7.20. The summed E-state index contributed by atoms with van der Waals surface area (Å²) >= 11 is 0. The number of nitrogens with zero attached hydrogens (tertiary/aromatic N) is 2. The lowest BCUT2D eigenvalue weighted by atomic mass is 9.98. The van der Waals surface area contributed by atoms with Crippen LogP contribution in [-0.4, -0.2) is 59.5 Å². The van der Waals surface area contributed by atoms with E-state index in [1.807, 2.05) is 23.1 Å². The zero-order chi connectivity index (χ0) is 22.1. The summed E-state index contributed by atoms with van der Waals surface area (Å²) in [6.45, 7) is 2.30. The number of urea groups is 1. The molecule has 1 aromatic carbocycles. The molecule has 1 aliphatic carbocycles. The van der Waals surface area contributed by atoms with Crippen LogP contribution in [0.1, 0.15) is 69.4 Å². The van der Waals surface area contributed by atoms with E-state index in [-0.39, 0.29) is 23.9 Å². The van der Waals surface area contributed by atoms with Gasteiger partial charge in [0.15, 0.2) is 11.5 Å². The van der Waals surface area contributed by atoms with Gasteiger partial charge in [0.25, 0.3) is 5.91 Å². The van der Waals surface area contributed by atoms with Crippen LogP contribution in [0.15, 0.2) is 18.2 Å². The van der Waals surface area contributed by atoms with Crippen LogP contribution < -0.4 is 14.8 Å². The van der Waals surface area contributed by atoms with Crippen LogP contribution in [0.3, 0.4) is 0 Å². The van der Waals surface area contributed by atoms with Gasteiger partial charge in [-0.2, -0.15) is 0 Å². The number of benzene rings is 1. The van der Waals surface area contributed by atoms with E-state index in [2.05, 4.69) is 5.32 Å². The van der Waals surface area contributed by atoms with E-state index >= 15 is 0 Å². The minimum Gasteiger partial charge on any atom is -0.490 e. The third-order valence-corrected chi connectivity index (χ3v) is 7.20. The first-order chi connectivity index (χ1) is 15.6. The molecule has 1 unspecified atom stereocenters. The molecule has 1 N–H and O–H groups in total. The van der Waals surface area contributed by atoms with E-state index in [9.17, 15) is 14.4 Å². The van der Waals surface area contributed by atoms with Gasteiger partial charge in [-0.05, 0) is 49.8 Å². The van der Waals surface area contributed by atoms with Crippen LogP contribution >= 0.6 is 0 Å². The number of carbonyl (C=O) groups excluding carboxylic acids is 3. The molecule has 3 fully saturated rings. The number of fused-ring (bicyclic) bond motifs is 1. The fourth-order valence-electron chi connectivity index (χ4n) is 5.53. The molecule has 4 amide bonds. The number of hydrogen-bond acceptors (Lipinski definition) is 5. The normalized spacial score (nSPS) is 24.2. The number of imide groups is 1. The molecule has 1 saturated carbocycles. The lowest BCUT2D eigenvalue weighted by molar-refractivity contribution is -0.134. The van der Waals surface area contributed by atoms with Gasteiger partial charge in [-0.1, -0.05) is 18.9 Å². The van der Waals surface area contributed by atoms with Crippen molar-refractivity contribution < 1.29 is 23.9 Å². The van der Waals surface area contributed by atoms with Gasteiger partial charge in [0.2, 0.25) is 5.91 Å². The van der Waals surface area contributed by atoms with Gasteiger partial charge >= 0.3 is 6.03 Å². The molecule has 8 heteroatoms. The summed E-state index contributed by atoms with van der Waals surface area (Å²) in [5.41, 5.74) is 0.385. The highest BCUT2D eigenvalue weighted by atomic mass is 16.5. The summed E-state index contributed by atoms with van der Waals surface area (Å²) in [5, 5.41) is 2.90. The number of ether oxygens (including phenoxy) is 2. The second kappa shape index (κ2) is 8.64. The molecule has 1 aromatic rings. The van der Waals surface area contributed by atoms with Gasteiger partial charge in [0, 0.05) is 25.9 Å². The predicted octanol–water partition coefficient (Wildman–Crippen LogP) is 3.16. The summed E-state index contributed by atoms with van der Waals surface area (Å²) in [6.07, 6.45) is 6.92. The summed E-state index contributed by atoms with van der Waals surface area (Å²) < 4.78 is 11.5. The van der Waals surface area contributed by atoms with Crippen molar-refractivity contribution >= 4 is 17.8 Å². The summed E-state index contributed by atoms with van der Waals surface area (Å²) in [6, 6.07) is 5.69. The molecule has 4 aliphatic rings. The van der Waals surface area contributed by atoms with Crippen molar-refractivity contribution in [1.29, 1.82) is 0 Å². The smallest absolute Gasteiger partial charge is 0.325 e. The van der Waals surface area contributed by atoms with Crippen molar-refractivity contribution in [3.63, 3.8) is 0 Å². The average molecular weight is 442 g/mol. The molecule has 1 spiro atoms. The van der Waals surface area contributed by atoms with Crippen molar-refractivity contribution in [3.05, 3.63) is 23.8 Å². The van der Waals surface area contributed by atoms with Crippen LogP contribution in [0.5, 0.6) is 11.5 Å². The van der Waals surface area contributed by atoms with E-state index < -0.39 is 5.54 Å². The van der Waals surface area contributed by atoms with Gasteiger partial charge in [-0.25, -0.2) is 4.79 Å². The Morgan fingerprint density at radius 3 is 2.66 bits per heavy atom. The number of rotatable bonds is 5. The second-order valence-corrected chi connectivity index (χ2v) is 9.28. The molecule has 0 radical (unpaired) electrons. The molecule has 0 aromatic heterocycles. The van der Waals surface area contributed by atoms with Gasteiger partial charge in [-0.3, -0.25) is 14.5 Å². The fraction of sp³-hybridized carbons (Fsp3) is 0.625. The predicted molar refractivity (Wildman–Crippen MR) is 116 cm³/mol. The molecule has 2 saturated heterocycles. The minimum atomic E-state index is -0.682. The molecular weight excluding hydrogens is 410 g/mol. The third kappa shape index (κ3) is 3.80. The highest BCUT2D eigenvalue weighted by molar-refractivity contribution is 6.07. The van der Waals surface area contributed by atoms with Crippen LogP contribution in [0.2, 0.25) is 0 Å². The molecule has 172 valence electrons. The van der Waals surface area contributed by atoms with Gasteiger partial charge < -0.3 is 19.7 Å². The Kier molecular flexibility index (Phi) is 5.69. The monoisotopic (exact) mass is 441 g/mol. The molecule has 5 rings (SSSR count). The molecule has 0 bridgehead atoms. The maximum Gasteiger partial charge on any atom is 0.325 e. The van der Waals surface area contributed by atoms with Crippen molar-refractivity contribution in [2.45, 2.75) is 69.4 Å². The standard InChI is InChI=1S/C24H31N3O5/c28-21(7-4-13-27-22(29)24(25-23(27)30)10-1-2-11-24)26-12-3-6-18(26)17-8-9-19-20(16-17)32-15-5-14-31-19/h8-9,16,18H,1-7,10-15H2,(H,25,30). The van der Waals surface area contributed by atoms with E-state index in [1.165, 1.54) is 4.90 Å². The fourth-order valence-corrected chi connectivity index (χ4v) is 5.53. The van der Waals surface area contributed by atoms with Crippen molar-refractivity contribution in [1.82, 2.24) is 15.1 Å². The first-order valence-electron chi connectivity index (χ1n) is 11.9. The summed E-state index contributed by atoms with van der Waals surface area (Å²) in [4.78, 5) is 41.4. The Bertz CT molecular complexity index is 911. The first-order valence-corrected chi connectivity index (χ1v) is 11.9. The van der Waals surface area contributed by atoms with Crippen molar-refractivity contribution in [2.24, 2.45) is 0 Å². The van der Waals surface area contributed by atoms with Gasteiger partial charge in [0.05, 0.1) is 19.3 Å². The molecule has 1 atom stereocenters. The van der Waals surface area contributed by atoms with E-state index in [1.54, 1.807) is 0 Å². The summed E-state index contributed by atoms with van der Waals surface area (Å²) in [7, 11) is 0. The van der Waals surface area contributed by atoms with Crippen LogP contribution in [-0.2, 0) is 9.59 Å². The average Bonchev–Trinajstić information content (AvgIpc) is 3.47. The quantitative estimate of drug-likeness (QED) is 0.709. The van der Waals surface area contributed by atoms with Gasteiger partial charge in [0.1, 0.15) is 5.54 Å². The van der Waals surface area contributed by atoms with Crippen molar-refractivity contribution in [3.8, 4) is 11.5 Å². The van der Waals surface area contributed by atoms with Crippen LogP contribution in [0, 0.1) is 0 Å². The topological polar surface area (TPSA) is 88.2 Å². The molecule has 3 aliphatic heterocycles. The van der Waals surface area contributed by atoms with Crippen LogP contribution in [0.4, 0.5) is 4.79 Å². The maximum atomic E-state index is 13.0. The number of hydrogen-bond donors (Lipinski definition) is 1. The van der Waals surface area contributed by atoms with E-state index in [0.29, 0.717) is 32.6 Å². The van der Waals surface area contributed by atoms with E-state index in [0.717, 1.165) is 68.6 Å². The Morgan fingerprint density at radius 1 is 1.06 bits per heavy atom. The van der Waals surface area contributed by atoms with Crippen molar-refractivity contribution in [2.75, 3.05) is 26.3 Å². The number of likely N-dealkylation sites (tertiary alicyclic amines) is 1. The largest absolute Gasteiger partial charge is 0.490 e. The maximum absolute atomic E-state index is 13.0. The Labute approximate surface area is 188 Å². The molecule has 3 heterocycles. The SMILES string of the molecule is O=C1NC2(CCCC2)C(=O)N1CCCC(=O)N1CCCC1c1ccc2c(c1)OCCCO2. The minimum absolute atomic E-state index is 0.0260. The molecule has 32 heavy (non-hydrogen) atoms. The number of amides is 4. The highest BCUT2D eigenvalue weighted by Crippen LogP contribution is 2.38. The highest BCUT2D eigenvalue weighted by Gasteiger charge is 2.52. The molecular formula is C24H31N3O5. The van der Waals surface area contributed by atoms with E-state index in [4.69, 9.17) is 9.47 Å². The Morgan fingerprint density at radius 2 is 1.84 bits per heavy atom. The zero-order valence-corrected chi connectivity index (χ0v) is 18.4. The number of nitrogens with one attached hydrogen (secondary N) is 1. The lowest BCUT2D eigenvalue weighted by Gasteiger charge is -2.26. The Balaban J connectivity index is 1.19. The lowest BCUT2D eigenvalue weighted by Crippen LogP contribution is -2.44. The Hall–Kier alpha value is -2.77. The van der Waals surface area contributed by atoms with Crippen LogP contribution in [0.25, 0.3) is 0 Å². The second-order valence-electron chi connectivity index (χ2n) is 9.28.